The number of aromatic nitrogens is 1. The predicted octanol–water partition coefficient (Wildman–Crippen LogP) is 7.07. The Hall–Kier alpha value is -3.16. The number of nitrogens with zero attached hydrogens (tertiary/aromatic N) is 2. The topological polar surface area (TPSA) is 79.4 Å². The molecule has 1 aliphatic rings. The van der Waals surface area contributed by atoms with Gasteiger partial charge < -0.3 is 5.32 Å². The van der Waals surface area contributed by atoms with Gasteiger partial charge in [-0.2, -0.15) is 0 Å². The summed E-state index contributed by atoms with van der Waals surface area (Å²) in [5, 5.41) is 4.11. The Labute approximate surface area is 261 Å². The number of carbonyl (C=O) groups excluding carboxylic acids is 3. The van der Waals surface area contributed by atoms with Gasteiger partial charge in [0, 0.05) is 38.3 Å². The lowest BCUT2D eigenvalue weighted by Gasteiger charge is -2.24. The normalized spacial score (nSPS) is 15.6. The van der Waals surface area contributed by atoms with Crippen molar-refractivity contribution in [1.29, 1.82) is 0 Å². The number of benzene rings is 2. The van der Waals surface area contributed by atoms with Crippen molar-refractivity contribution >= 4 is 39.0 Å². The summed E-state index contributed by atoms with van der Waals surface area (Å²) in [7, 11) is 0. The summed E-state index contributed by atoms with van der Waals surface area (Å²) in [6.45, 7) is 9.19. The molecule has 1 N–H and O–H groups in total. The van der Waals surface area contributed by atoms with Crippen LogP contribution in [-0.4, -0.2) is 53.0 Å². The third-order valence-electron chi connectivity index (χ3n) is 8.31. The van der Waals surface area contributed by atoms with E-state index in [-0.39, 0.29) is 29.9 Å². The Morgan fingerprint density at radius 2 is 1.79 bits per heavy atom. The van der Waals surface area contributed by atoms with Crippen molar-refractivity contribution in [2.45, 2.75) is 90.5 Å². The first-order chi connectivity index (χ1) is 20.8. The highest BCUT2D eigenvalue weighted by Gasteiger charge is 2.26. The SMILES string of the molecule is CCC(=O)C[C@@H](Cc1nc2ccc(C(C)C)cc2s1)C(=O)N[C@H](CCC(=O)/C=C/CN1CCCCC1)Cc1ccccc1. The van der Waals surface area contributed by atoms with Crippen molar-refractivity contribution in [3.05, 3.63) is 76.8 Å². The third kappa shape index (κ3) is 10.5. The Morgan fingerprint density at radius 1 is 1.02 bits per heavy atom. The Bertz CT molecular complexity index is 1370. The molecule has 1 aliphatic heterocycles. The second-order valence-electron chi connectivity index (χ2n) is 12.2. The smallest absolute Gasteiger partial charge is 0.224 e. The second kappa shape index (κ2) is 16.6. The first-order valence-corrected chi connectivity index (χ1v) is 16.8. The number of thiazole rings is 1. The van der Waals surface area contributed by atoms with Gasteiger partial charge in [-0.3, -0.25) is 19.3 Å². The van der Waals surface area contributed by atoms with Crippen LogP contribution in [0.1, 0.15) is 87.8 Å². The van der Waals surface area contributed by atoms with Gasteiger partial charge in [-0.1, -0.05) is 69.7 Å². The van der Waals surface area contributed by atoms with E-state index < -0.39 is 5.92 Å². The summed E-state index contributed by atoms with van der Waals surface area (Å²) in [5.41, 5.74) is 3.30. The van der Waals surface area contributed by atoms with Crippen LogP contribution in [0.25, 0.3) is 10.2 Å². The second-order valence-corrected chi connectivity index (χ2v) is 13.3. The molecular weight excluding hydrogens is 554 g/mol. The number of hydrogen-bond acceptors (Lipinski definition) is 6. The molecule has 0 unspecified atom stereocenters. The monoisotopic (exact) mass is 601 g/mol. The molecule has 2 atom stereocenters. The van der Waals surface area contributed by atoms with E-state index >= 15 is 0 Å². The van der Waals surface area contributed by atoms with Crippen LogP contribution in [0.15, 0.2) is 60.7 Å². The molecule has 4 rings (SSSR count). The molecule has 0 radical (unpaired) electrons. The molecule has 6 nitrogen and oxygen atoms in total. The molecule has 0 saturated carbocycles. The van der Waals surface area contributed by atoms with E-state index in [2.05, 4.69) is 36.2 Å². The van der Waals surface area contributed by atoms with E-state index in [0.29, 0.717) is 38.0 Å². The molecule has 1 amide bonds. The molecule has 1 fully saturated rings. The lowest BCUT2D eigenvalue weighted by atomic mass is 9.94. The molecule has 2 heterocycles. The van der Waals surface area contributed by atoms with E-state index in [1.54, 1.807) is 17.4 Å². The number of fused-ring (bicyclic) bond motifs is 1. The molecule has 230 valence electrons. The molecule has 0 spiro atoms. The summed E-state index contributed by atoms with van der Waals surface area (Å²) in [4.78, 5) is 46.3. The standard InChI is InChI=1S/C36H47N3O3S/c1-4-31(40)23-29(25-35-38-33-18-15-28(26(2)3)24-34(33)43-35)36(42)37-30(22-27-12-7-5-8-13-27)16-17-32(41)14-11-21-39-19-9-6-10-20-39/h5,7-8,11-15,18,24,26,29-30H,4,6,9-10,16-17,19-23,25H2,1-3H3,(H,37,42)/b14-11+/t29-,30+/m0/s1. The minimum absolute atomic E-state index is 0.0667. The van der Waals surface area contributed by atoms with Crippen LogP contribution in [0, 0.1) is 5.92 Å². The molecule has 3 aromatic rings. The molecule has 1 saturated heterocycles. The van der Waals surface area contributed by atoms with Crippen LogP contribution in [0.2, 0.25) is 0 Å². The van der Waals surface area contributed by atoms with Gasteiger partial charge in [-0.05, 0) is 74.0 Å². The number of ketones is 2. The van der Waals surface area contributed by atoms with E-state index in [4.69, 9.17) is 4.98 Å². The molecule has 2 aromatic carbocycles. The van der Waals surface area contributed by atoms with Crippen molar-refractivity contribution in [3.63, 3.8) is 0 Å². The van der Waals surface area contributed by atoms with Crippen LogP contribution in [-0.2, 0) is 27.2 Å². The first kappa shape index (κ1) is 32.7. The fourth-order valence-electron chi connectivity index (χ4n) is 5.64. The maximum Gasteiger partial charge on any atom is 0.224 e. The fourth-order valence-corrected chi connectivity index (χ4v) is 6.74. The van der Waals surface area contributed by atoms with Crippen molar-refractivity contribution in [2.75, 3.05) is 19.6 Å². The van der Waals surface area contributed by atoms with Crippen molar-refractivity contribution in [2.24, 2.45) is 5.92 Å². The molecule has 7 heteroatoms. The predicted molar refractivity (Wildman–Crippen MR) is 177 cm³/mol. The van der Waals surface area contributed by atoms with Gasteiger partial charge >= 0.3 is 0 Å². The van der Waals surface area contributed by atoms with E-state index in [1.807, 2.05) is 49.4 Å². The number of rotatable bonds is 16. The quantitative estimate of drug-likeness (QED) is 0.178. The highest BCUT2D eigenvalue weighted by Crippen LogP contribution is 2.28. The van der Waals surface area contributed by atoms with Crippen LogP contribution < -0.4 is 5.32 Å². The summed E-state index contributed by atoms with van der Waals surface area (Å²) in [5.74, 6) is -0.0718. The lowest BCUT2D eigenvalue weighted by Crippen LogP contribution is -2.41. The number of hydrogen-bond donors (Lipinski definition) is 1. The van der Waals surface area contributed by atoms with Crippen LogP contribution in [0.5, 0.6) is 0 Å². The zero-order valence-electron chi connectivity index (χ0n) is 26.0. The van der Waals surface area contributed by atoms with E-state index in [0.717, 1.165) is 40.4 Å². The number of piperidine rings is 1. The van der Waals surface area contributed by atoms with E-state index in [1.165, 1.54) is 24.8 Å². The average molecular weight is 602 g/mol. The number of allylic oxidation sites excluding steroid dienone is 1. The minimum Gasteiger partial charge on any atom is -0.353 e. The molecule has 1 aromatic heterocycles. The van der Waals surface area contributed by atoms with Gasteiger partial charge in [0.05, 0.1) is 21.1 Å². The summed E-state index contributed by atoms with van der Waals surface area (Å²) in [6, 6.07) is 16.2. The number of nitrogens with one attached hydrogen (secondary N) is 1. The number of carbonyl (C=O) groups is 3. The summed E-state index contributed by atoms with van der Waals surface area (Å²) < 4.78 is 1.11. The molecule has 43 heavy (non-hydrogen) atoms. The maximum atomic E-state index is 13.8. The third-order valence-corrected chi connectivity index (χ3v) is 9.35. The number of Topliss-reactive ketones (excluding diaryl/α,β-unsaturated/α-hetero) is 1. The van der Waals surface area contributed by atoms with E-state index in [9.17, 15) is 14.4 Å². The van der Waals surface area contributed by atoms with Gasteiger partial charge in [0.2, 0.25) is 5.91 Å². The molecule has 0 bridgehead atoms. The van der Waals surface area contributed by atoms with Gasteiger partial charge in [-0.25, -0.2) is 4.98 Å². The number of likely N-dealkylation sites (tertiary alicyclic amines) is 1. The molecular formula is C36H47N3O3S. The fraction of sp³-hybridized carbons (Fsp3) is 0.500. The Kier molecular flexibility index (Phi) is 12.7. The highest BCUT2D eigenvalue weighted by molar-refractivity contribution is 7.18. The first-order valence-electron chi connectivity index (χ1n) is 16.0. The zero-order valence-corrected chi connectivity index (χ0v) is 26.8. The van der Waals surface area contributed by atoms with Crippen LogP contribution in [0.4, 0.5) is 0 Å². The Morgan fingerprint density at radius 3 is 2.51 bits per heavy atom. The average Bonchev–Trinajstić information content (AvgIpc) is 3.42. The van der Waals surface area contributed by atoms with Gasteiger partial charge in [0.25, 0.3) is 0 Å². The maximum absolute atomic E-state index is 13.8. The van der Waals surface area contributed by atoms with Gasteiger partial charge in [0.1, 0.15) is 5.78 Å². The van der Waals surface area contributed by atoms with Gasteiger partial charge in [0.15, 0.2) is 5.78 Å². The zero-order chi connectivity index (χ0) is 30.6. The lowest BCUT2D eigenvalue weighted by molar-refractivity contribution is -0.130. The van der Waals surface area contributed by atoms with Crippen molar-refractivity contribution < 1.29 is 14.4 Å². The number of amides is 1. The summed E-state index contributed by atoms with van der Waals surface area (Å²) >= 11 is 1.60. The Balaban J connectivity index is 1.43. The molecule has 0 aliphatic carbocycles. The van der Waals surface area contributed by atoms with Crippen LogP contribution in [0.3, 0.4) is 0 Å². The van der Waals surface area contributed by atoms with Crippen LogP contribution >= 0.6 is 11.3 Å². The highest BCUT2D eigenvalue weighted by atomic mass is 32.1. The summed E-state index contributed by atoms with van der Waals surface area (Å²) in [6.07, 6.45) is 9.97. The van der Waals surface area contributed by atoms with Gasteiger partial charge in [-0.15, -0.1) is 11.3 Å². The minimum atomic E-state index is -0.504. The largest absolute Gasteiger partial charge is 0.353 e. The van der Waals surface area contributed by atoms with Crippen molar-refractivity contribution in [1.82, 2.24) is 15.2 Å². The van der Waals surface area contributed by atoms with Crippen molar-refractivity contribution in [3.8, 4) is 0 Å².